The summed E-state index contributed by atoms with van der Waals surface area (Å²) in [5, 5.41) is 0.845. The summed E-state index contributed by atoms with van der Waals surface area (Å²) >= 11 is 0. The van der Waals surface area contributed by atoms with Crippen molar-refractivity contribution in [2.75, 3.05) is 11.5 Å². The van der Waals surface area contributed by atoms with Crippen molar-refractivity contribution < 1.29 is 4.42 Å². The van der Waals surface area contributed by atoms with E-state index in [4.69, 9.17) is 15.9 Å². The molecular formula is C6H7N3O. The van der Waals surface area contributed by atoms with E-state index < -0.39 is 0 Å². The second kappa shape index (κ2) is 1.47. The van der Waals surface area contributed by atoms with Crippen LogP contribution in [0.25, 0.3) is 11.1 Å². The summed E-state index contributed by atoms with van der Waals surface area (Å²) < 4.78 is 5.00. The van der Waals surface area contributed by atoms with E-state index in [0.29, 0.717) is 17.2 Å². The van der Waals surface area contributed by atoms with Crippen LogP contribution >= 0.6 is 0 Å². The Morgan fingerprint density at radius 2 is 2.20 bits per heavy atom. The van der Waals surface area contributed by atoms with Gasteiger partial charge in [0, 0.05) is 0 Å². The third kappa shape index (κ3) is 0.452. The monoisotopic (exact) mass is 137 g/mol. The van der Waals surface area contributed by atoms with Gasteiger partial charge in [0.05, 0.1) is 17.3 Å². The van der Waals surface area contributed by atoms with Crippen LogP contribution in [0.3, 0.4) is 0 Å². The summed E-state index contributed by atoms with van der Waals surface area (Å²) in [4.78, 5) is 2.79. The molecule has 0 aliphatic heterocycles. The number of hydrogen-bond donors (Lipinski definition) is 3. The Bertz CT molecular complexity index is 360. The predicted molar refractivity (Wildman–Crippen MR) is 39.4 cm³/mol. The Balaban J connectivity index is 2.95. The molecule has 0 spiro atoms. The topological polar surface area (TPSA) is 81.0 Å². The van der Waals surface area contributed by atoms with Gasteiger partial charge in [0.25, 0.3) is 0 Å². The molecule has 0 bridgehead atoms. The second-order valence-electron chi connectivity index (χ2n) is 2.12. The van der Waals surface area contributed by atoms with Gasteiger partial charge in [0.15, 0.2) is 0 Å². The maximum Gasteiger partial charge on any atom is 0.207 e. The quantitative estimate of drug-likeness (QED) is 0.505. The third-order valence-corrected chi connectivity index (χ3v) is 1.49. The zero-order valence-electron chi connectivity index (χ0n) is 5.22. The van der Waals surface area contributed by atoms with E-state index in [0.717, 1.165) is 5.39 Å². The normalized spacial score (nSPS) is 10.8. The van der Waals surface area contributed by atoms with E-state index in [9.17, 15) is 0 Å². The molecule has 10 heavy (non-hydrogen) atoms. The van der Waals surface area contributed by atoms with Crippen LogP contribution in [-0.4, -0.2) is 4.98 Å². The van der Waals surface area contributed by atoms with Crippen LogP contribution in [0.1, 0.15) is 0 Å². The average molecular weight is 137 g/mol. The van der Waals surface area contributed by atoms with Crippen molar-refractivity contribution in [2.24, 2.45) is 0 Å². The summed E-state index contributed by atoms with van der Waals surface area (Å²) in [5.74, 6) is 0.467. The number of aromatic amines is 1. The van der Waals surface area contributed by atoms with Gasteiger partial charge in [-0.15, -0.1) is 0 Å². The molecule has 2 aromatic rings. The molecule has 2 aromatic heterocycles. The summed E-state index contributed by atoms with van der Waals surface area (Å²) in [6, 6.07) is 1.78. The fraction of sp³-hybridized carbons (Fsp3) is 0. The molecule has 52 valence electrons. The molecule has 0 aliphatic carbocycles. The number of anilines is 2. The standard InChI is InChI=1S/C6H7N3O/c7-4-3-1-2-10-6(3)9-5(4)8/h1-2,9H,7-8H2. The van der Waals surface area contributed by atoms with Crippen molar-refractivity contribution in [2.45, 2.75) is 0 Å². The molecule has 0 saturated carbocycles. The number of nitrogens with two attached hydrogens (primary N) is 2. The number of rotatable bonds is 0. The van der Waals surface area contributed by atoms with Crippen LogP contribution in [0.15, 0.2) is 16.7 Å². The summed E-state index contributed by atoms with van der Waals surface area (Å²) in [7, 11) is 0. The first-order chi connectivity index (χ1) is 4.79. The van der Waals surface area contributed by atoms with E-state index in [1.54, 1.807) is 12.3 Å². The maximum atomic E-state index is 5.57. The van der Waals surface area contributed by atoms with Gasteiger partial charge < -0.3 is 20.9 Å². The molecule has 0 aliphatic rings. The lowest BCUT2D eigenvalue weighted by Crippen LogP contribution is -1.90. The van der Waals surface area contributed by atoms with Crippen LogP contribution in [0, 0.1) is 0 Å². The number of nitrogens with one attached hydrogen (secondary N) is 1. The Morgan fingerprint density at radius 3 is 2.90 bits per heavy atom. The van der Waals surface area contributed by atoms with Crippen molar-refractivity contribution in [1.82, 2.24) is 4.98 Å². The molecule has 0 atom stereocenters. The Hall–Kier alpha value is -1.58. The minimum Gasteiger partial charge on any atom is -0.448 e. The minimum absolute atomic E-state index is 0.467. The summed E-state index contributed by atoms with van der Waals surface area (Å²) in [5.41, 5.74) is 12.2. The van der Waals surface area contributed by atoms with E-state index in [1.807, 2.05) is 0 Å². The van der Waals surface area contributed by atoms with Crippen molar-refractivity contribution in [3.63, 3.8) is 0 Å². The molecule has 0 fully saturated rings. The molecule has 0 amide bonds. The fourth-order valence-corrected chi connectivity index (χ4v) is 0.953. The Kier molecular flexibility index (Phi) is 0.768. The van der Waals surface area contributed by atoms with Crippen molar-refractivity contribution >= 4 is 22.6 Å². The smallest absolute Gasteiger partial charge is 0.207 e. The Labute approximate surface area is 56.8 Å². The van der Waals surface area contributed by atoms with Crippen LogP contribution in [0.2, 0.25) is 0 Å². The third-order valence-electron chi connectivity index (χ3n) is 1.49. The van der Waals surface area contributed by atoms with Gasteiger partial charge in [0.2, 0.25) is 5.71 Å². The van der Waals surface area contributed by atoms with Gasteiger partial charge in [-0.1, -0.05) is 0 Å². The number of H-pyrrole nitrogens is 1. The van der Waals surface area contributed by atoms with E-state index in [1.165, 1.54) is 0 Å². The lowest BCUT2D eigenvalue weighted by molar-refractivity contribution is 0.605. The number of furan rings is 1. The molecule has 5 N–H and O–H groups in total. The lowest BCUT2D eigenvalue weighted by atomic mass is 10.3. The molecule has 0 unspecified atom stereocenters. The van der Waals surface area contributed by atoms with Crippen LogP contribution < -0.4 is 11.5 Å². The highest BCUT2D eigenvalue weighted by atomic mass is 16.3. The second-order valence-corrected chi connectivity index (χ2v) is 2.12. The van der Waals surface area contributed by atoms with Gasteiger partial charge in [-0.3, -0.25) is 0 Å². The number of nitrogen functional groups attached to an aromatic ring is 2. The average Bonchev–Trinajstić information content (AvgIpc) is 2.41. The van der Waals surface area contributed by atoms with Crippen molar-refractivity contribution in [3.05, 3.63) is 12.3 Å². The van der Waals surface area contributed by atoms with Gasteiger partial charge in [-0.25, -0.2) is 0 Å². The summed E-state index contributed by atoms with van der Waals surface area (Å²) in [6.45, 7) is 0. The summed E-state index contributed by atoms with van der Waals surface area (Å²) in [6.07, 6.45) is 1.57. The number of aromatic nitrogens is 1. The highest BCUT2D eigenvalue weighted by Gasteiger charge is 2.06. The lowest BCUT2D eigenvalue weighted by Gasteiger charge is -1.85. The number of fused-ring (bicyclic) bond motifs is 1. The minimum atomic E-state index is 0.467. The van der Waals surface area contributed by atoms with Crippen molar-refractivity contribution in [3.8, 4) is 0 Å². The van der Waals surface area contributed by atoms with Gasteiger partial charge >= 0.3 is 0 Å². The van der Waals surface area contributed by atoms with Crippen LogP contribution in [-0.2, 0) is 0 Å². The fourth-order valence-electron chi connectivity index (χ4n) is 0.953. The van der Waals surface area contributed by atoms with E-state index in [-0.39, 0.29) is 0 Å². The van der Waals surface area contributed by atoms with Crippen molar-refractivity contribution in [1.29, 1.82) is 0 Å². The SMILES string of the molecule is Nc1[nH]c2occc2c1N. The highest BCUT2D eigenvalue weighted by molar-refractivity contribution is 5.94. The predicted octanol–water partition coefficient (Wildman–Crippen LogP) is 0.925. The van der Waals surface area contributed by atoms with Gasteiger partial charge in [-0.2, -0.15) is 0 Å². The van der Waals surface area contributed by atoms with Crippen LogP contribution in [0.4, 0.5) is 11.5 Å². The first kappa shape index (κ1) is 5.22. The number of hydrogen-bond acceptors (Lipinski definition) is 3. The zero-order valence-corrected chi connectivity index (χ0v) is 5.22. The van der Waals surface area contributed by atoms with Gasteiger partial charge in [-0.05, 0) is 6.07 Å². The molecule has 2 heterocycles. The van der Waals surface area contributed by atoms with Gasteiger partial charge in [0.1, 0.15) is 5.82 Å². The van der Waals surface area contributed by atoms with E-state index >= 15 is 0 Å². The Morgan fingerprint density at radius 1 is 1.40 bits per heavy atom. The highest BCUT2D eigenvalue weighted by Crippen LogP contribution is 2.26. The first-order valence-corrected chi connectivity index (χ1v) is 2.89. The molecule has 2 rings (SSSR count). The largest absolute Gasteiger partial charge is 0.448 e. The maximum absolute atomic E-state index is 5.57. The van der Waals surface area contributed by atoms with Crippen LogP contribution in [0.5, 0.6) is 0 Å². The van der Waals surface area contributed by atoms with E-state index in [2.05, 4.69) is 4.98 Å². The molecule has 0 saturated heterocycles. The molecule has 0 radical (unpaired) electrons. The zero-order chi connectivity index (χ0) is 7.14. The molecule has 4 nitrogen and oxygen atoms in total. The first-order valence-electron chi connectivity index (χ1n) is 2.89. The molecular weight excluding hydrogens is 130 g/mol. The molecule has 4 heteroatoms. The molecule has 0 aromatic carbocycles.